The lowest BCUT2D eigenvalue weighted by Crippen LogP contribution is -1.99. The standard InChI is InChI=1S/C7H7ClINO.ClH/c8-7-3-6(9)2-1-5(7)4-11-10;/h1-3H,4,10H2;1H. The molecule has 1 aromatic carbocycles. The van der Waals surface area contributed by atoms with Crippen LogP contribution in [0, 0.1) is 3.57 Å². The molecular weight excluding hydrogens is 312 g/mol. The van der Waals surface area contributed by atoms with Crippen molar-refractivity contribution in [1.82, 2.24) is 0 Å². The van der Waals surface area contributed by atoms with Crippen LogP contribution in [0.15, 0.2) is 18.2 Å². The van der Waals surface area contributed by atoms with Crippen molar-refractivity contribution < 1.29 is 4.84 Å². The van der Waals surface area contributed by atoms with Crippen molar-refractivity contribution in [1.29, 1.82) is 0 Å². The topological polar surface area (TPSA) is 35.2 Å². The zero-order valence-corrected chi connectivity index (χ0v) is 9.82. The van der Waals surface area contributed by atoms with E-state index in [-0.39, 0.29) is 12.4 Å². The van der Waals surface area contributed by atoms with Gasteiger partial charge in [0.05, 0.1) is 6.61 Å². The van der Waals surface area contributed by atoms with E-state index >= 15 is 0 Å². The second-order valence-electron chi connectivity index (χ2n) is 2.05. The van der Waals surface area contributed by atoms with Gasteiger partial charge in [-0.3, -0.25) is 4.84 Å². The SMILES string of the molecule is Cl.NOCc1ccc(I)cc1Cl. The molecule has 0 aliphatic carbocycles. The lowest BCUT2D eigenvalue weighted by Gasteiger charge is -2.01. The van der Waals surface area contributed by atoms with Crippen molar-refractivity contribution in [2.24, 2.45) is 5.90 Å². The molecule has 1 aromatic rings. The van der Waals surface area contributed by atoms with Crippen molar-refractivity contribution in [3.8, 4) is 0 Å². The van der Waals surface area contributed by atoms with Crippen LogP contribution >= 0.6 is 46.6 Å². The van der Waals surface area contributed by atoms with Gasteiger partial charge in [0.2, 0.25) is 0 Å². The summed E-state index contributed by atoms with van der Waals surface area (Å²) in [5.41, 5.74) is 0.912. The Morgan fingerprint density at radius 2 is 2.17 bits per heavy atom. The van der Waals surface area contributed by atoms with Gasteiger partial charge in [0, 0.05) is 8.59 Å². The molecule has 0 radical (unpaired) electrons. The Hall–Kier alpha value is 0.450. The minimum atomic E-state index is 0. The van der Waals surface area contributed by atoms with Crippen molar-refractivity contribution in [2.45, 2.75) is 6.61 Å². The predicted molar refractivity (Wildman–Crippen MR) is 60.4 cm³/mol. The van der Waals surface area contributed by atoms with Crippen molar-refractivity contribution in [3.05, 3.63) is 32.4 Å². The van der Waals surface area contributed by atoms with Gasteiger partial charge in [-0.15, -0.1) is 12.4 Å². The van der Waals surface area contributed by atoms with E-state index in [9.17, 15) is 0 Å². The minimum Gasteiger partial charge on any atom is -0.300 e. The van der Waals surface area contributed by atoms with Gasteiger partial charge < -0.3 is 0 Å². The average Bonchev–Trinajstić information content (AvgIpc) is 1.95. The lowest BCUT2D eigenvalue weighted by molar-refractivity contribution is 0.124. The smallest absolute Gasteiger partial charge is 0.0944 e. The largest absolute Gasteiger partial charge is 0.300 e. The summed E-state index contributed by atoms with van der Waals surface area (Å²) in [6.07, 6.45) is 0. The van der Waals surface area contributed by atoms with Gasteiger partial charge in [0.25, 0.3) is 0 Å². The van der Waals surface area contributed by atoms with Crippen LogP contribution in [0.5, 0.6) is 0 Å². The van der Waals surface area contributed by atoms with Crippen LogP contribution in [0.4, 0.5) is 0 Å². The van der Waals surface area contributed by atoms with Crippen LogP contribution in [-0.2, 0) is 11.4 Å². The molecule has 12 heavy (non-hydrogen) atoms. The van der Waals surface area contributed by atoms with E-state index in [1.807, 2.05) is 18.2 Å². The fourth-order valence-electron chi connectivity index (χ4n) is 0.729. The number of benzene rings is 1. The number of hydrogen-bond acceptors (Lipinski definition) is 2. The van der Waals surface area contributed by atoms with Crippen molar-refractivity contribution in [3.63, 3.8) is 0 Å². The van der Waals surface area contributed by atoms with E-state index in [1.54, 1.807) is 0 Å². The second-order valence-corrected chi connectivity index (χ2v) is 3.70. The highest BCUT2D eigenvalue weighted by Gasteiger charge is 1.99. The highest BCUT2D eigenvalue weighted by atomic mass is 127. The maximum Gasteiger partial charge on any atom is 0.0944 e. The highest BCUT2D eigenvalue weighted by molar-refractivity contribution is 14.1. The maximum atomic E-state index is 5.87. The molecule has 2 N–H and O–H groups in total. The van der Waals surface area contributed by atoms with E-state index in [1.165, 1.54) is 0 Å². The van der Waals surface area contributed by atoms with Gasteiger partial charge in [0.1, 0.15) is 0 Å². The van der Waals surface area contributed by atoms with E-state index < -0.39 is 0 Å². The van der Waals surface area contributed by atoms with E-state index in [0.29, 0.717) is 11.6 Å². The third-order valence-corrected chi connectivity index (χ3v) is 2.28. The van der Waals surface area contributed by atoms with Gasteiger partial charge in [-0.05, 0) is 40.3 Å². The molecular formula is C7H8Cl2INO. The number of rotatable bonds is 2. The molecule has 5 heteroatoms. The molecule has 0 atom stereocenters. The minimum absolute atomic E-state index is 0. The fourth-order valence-corrected chi connectivity index (χ4v) is 1.64. The van der Waals surface area contributed by atoms with E-state index in [4.69, 9.17) is 17.5 Å². The molecule has 0 heterocycles. The summed E-state index contributed by atoms with van der Waals surface area (Å²) >= 11 is 8.06. The van der Waals surface area contributed by atoms with E-state index in [2.05, 4.69) is 27.4 Å². The molecule has 0 spiro atoms. The molecule has 2 nitrogen and oxygen atoms in total. The van der Waals surface area contributed by atoms with Gasteiger partial charge in [-0.2, -0.15) is 0 Å². The average molecular weight is 320 g/mol. The third kappa shape index (κ3) is 3.45. The van der Waals surface area contributed by atoms with Crippen LogP contribution in [0.25, 0.3) is 0 Å². The van der Waals surface area contributed by atoms with Crippen LogP contribution in [-0.4, -0.2) is 0 Å². The summed E-state index contributed by atoms with van der Waals surface area (Å²) in [5, 5.41) is 0.697. The Labute approximate surface area is 95.9 Å². The second kappa shape index (κ2) is 5.99. The quantitative estimate of drug-likeness (QED) is 0.672. The first-order valence-corrected chi connectivity index (χ1v) is 4.45. The molecule has 0 aliphatic heterocycles. The fraction of sp³-hybridized carbons (Fsp3) is 0.143. The van der Waals surface area contributed by atoms with Gasteiger partial charge >= 0.3 is 0 Å². The number of halogens is 3. The summed E-state index contributed by atoms with van der Waals surface area (Å²) in [5.74, 6) is 4.91. The van der Waals surface area contributed by atoms with Crippen molar-refractivity contribution >= 4 is 46.6 Å². The summed E-state index contributed by atoms with van der Waals surface area (Å²) in [6.45, 7) is 0.357. The molecule has 0 fully saturated rings. The van der Waals surface area contributed by atoms with Crippen LogP contribution in [0.1, 0.15) is 5.56 Å². The van der Waals surface area contributed by atoms with Crippen molar-refractivity contribution in [2.75, 3.05) is 0 Å². The lowest BCUT2D eigenvalue weighted by atomic mass is 10.2. The Kier molecular flexibility index (Phi) is 6.21. The molecule has 0 aliphatic rings. The monoisotopic (exact) mass is 319 g/mol. The summed E-state index contributed by atoms with van der Waals surface area (Å²) in [6, 6.07) is 5.73. The number of nitrogens with two attached hydrogens (primary N) is 1. The summed E-state index contributed by atoms with van der Waals surface area (Å²) in [7, 11) is 0. The highest BCUT2D eigenvalue weighted by Crippen LogP contribution is 2.19. The van der Waals surface area contributed by atoms with Gasteiger partial charge in [-0.1, -0.05) is 17.7 Å². The van der Waals surface area contributed by atoms with Gasteiger partial charge in [-0.25, -0.2) is 5.90 Å². The van der Waals surface area contributed by atoms with E-state index in [0.717, 1.165) is 9.13 Å². The number of hydrogen-bond donors (Lipinski definition) is 1. The van der Waals surface area contributed by atoms with Crippen LogP contribution in [0.3, 0.4) is 0 Å². The third-order valence-electron chi connectivity index (χ3n) is 1.25. The zero-order chi connectivity index (χ0) is 8.27. The molecule has 0 amide bonds. The predicted octanol–water partition coefficient (Wildman–Crippen LogP) is 2.76. The Morgan fingerprint density at radius 3 is 2.67 bits per heavy atom. The molecule has 0 unspecified atom stereocenters. The first-order chi connectivity index (χ1) is 5.24. The Bertz CT molecular complexity index is 257. The van der Waals surface area contributed by atoms with Crippen LogP contribution in [0.2, 0.25) is 5.02 Å². The Morgan fingerprint density at radius 1 is 1.50 bits per heavy atom. The summed E-state index contributed by atoms with van der Waals surface area (Å²) in [4.78, 5) is 4.46. The first-order valence-electron chi connectivity index (χ1n) is 2.99. The molecule has 0 aromatic heterocycles. The molecule has 0 bridgehead atoms. The molecule has 1 rings (SSSR count). The molecule has 0 saturated heterocycles. The first kappa shape index (κ1) is 12.4. The Balaban J connectivity index is 0.00000121. The molecule has 68 valence electrons. The molecule has 0 saturated carbocycles. The maximum absolute atomic E-state index is 5.87. The van der Waals surface area contributed by atoms with Gasteiger partial charge in [0.15, 0.2) is 0 Å². The zero-order valence-electron chi connectivity index (χ0n) is 6.09. The van der Waals surface area contributed by atoms with Crippen LogP contribution < -0.4 is 5.90 Å². The summed E-state index contributed by atoms with van der Waals surface area (Å²) < 4.78 is 1.10. The normalized spacial score (nSPS) is 9.25.